The normalized spacial score (nSPS) is 13.5. The van der Waals surface area contributed by atoms with Gasteiger partial charge in [-0.2, -0.15) is 5.10 Å². The molecule has 9 nitrogen and oxygen atoms in total. The summed E-state index contributed by atoms with van der Waals surface area (Å²) in [4.78, 5) is 35.2. The Morgan fingerprint density at radius 2 is 1.85 bits per heavy atom. The number of carbonyl (C=O) groups is 1. The second kappa shape index (κ2) is 11.0. The fraction of sp³-hybridized carbons (Fsp3) is 0.348. The van der Waals surface area contributed by atoms with Crippen molar-refractivity contribution in [1.82, 2.24) is 25.1 Å². The van der Waals surface area contributed by atoms with Crippen LogP contribution < -0.4 is 20.5 Å². The van der Waals surface area contributed by atoms with Gasteiger partial charge in [0.05, 0.1) is 12.2 Å². The van der Waals surface area contributed by atoms with Gasteiger partial charge in [-0.05, 0) is 37.5 Å². The number of hydrogen-bond donors (Lipinski definition) is 1. The Morgan fingerprint density at radius 3 is 2.64 bits per heavy atom. The smallest absolute Gasteiger partial charge is 0.267 e. The van der Waals surface area contributed by atoms with E-state index in [0.29, 0.717) is 11.6 Å². The van der Waals surface area contributed by atoms with Crippen LogP contribution in [0.2, 0.25) is 0 Å². The third-order valence-electron chi connectivity index (χ3n) is 5.28. The molecule has 4 rings (SSSR count). The van der Waals surface area contributed by atoms with Gasteiger partial charge >= 0.3 is 0 Å². The SMILES string of the molecule is O=C(Cn1nc(-c2ccc(Br)cc2)ccc1=O)NCCOc1cc(N2CCCCC2)ncn1. The lowest BCUT2D eigenvalue weighted by molar-refractivity contribution is -0.122. The molecule has 0 atom stereocenters. The van der Waals surface area contributed by atoms with Crippen molar-refractivity contribution in [2.24, 2.45) is 0 Å². The third kappa shape index (κ3) is 6.38. The van der Waals surface area contributed by atoms with E-state index < -0.39 is 0 Å². The maximum absolute atomic E-state index is 12.3. The molecule has 1 aliphatic heterocycles. The minimum atomic E-state index is -0.339. The number of piperidine rings is 1. The molecule has 3 heterocycles. The van der Waals surface area contributed by atoms with Crippen LogP contribution in [0, 0.1) is 0 Å². The second-order valence-electron chi connectivity index (χ2n) is 7.68. The van der Waals surface area contributed by atoms with Crippen molar-refractivity contribution in [2.45, 2.75) is 25.8 Å². The minimum Gasteiger partial charge on any atom is -0.476 e. The predicted molar refractivity (Wildman–Crippen MR) is 128 cm³/mol. The molecule has 33 heavy (non-hydrogen) atoms. The summed E-state index contributed by atoms with van der Waals surface area (Å²) >= 11 is 3.40. The number of carbonyl (C=O) groups excluding carboxylic acids is 1. The fourth-order valence-electron chi connectivity index (χ4n) is 3.58. The summed E-state index contributed by atoms with van der Waals surface area (Å²) in [5.74, 6) is 1.01. The Balaban J connectivity index is 1.27. The van der Waals surface area contributed by atoms with Crippen LogP contribution in [0.3, 0.4) is 0 Å². The molecule has 1 aromatic carbocycles. The molecule has 10 heteroatoms. The molecule has 1 aliphatic rings. The molecule has 1 amide bonds. The van der Waals surface area contributed by atoms with E-state index in [-0.39, 0.29) is 31.2 Å². The highest BCUT2D eigenvalue weighted by molar-refractivity contribution is 9.10. The number of nitrogens with zero attached hydrogens (tertiary/aromatic N) is 5. The van der Waals surface area contributed by atoms with Crippen LogP contribution in [-0.2, 0) is 11.3 Å². The van der Waals surface area contributed by atoms with Crippen molar-refractivity contribution >= 4 is 27.7 Å². The van der Waals surface area contributed by atoms with Crippen LogP contribution in [-0.4, -0.2) is 51.9 Å². The van der Waals surface area contributed by atoms with E-state index in [1.54, 1.807) is 6.07 Å². The minimum absolute atomic E-state index is 0.171. The predicted octanol–water partition coefficient (Wildman–Crippen LogP) is 2.65. The maximum Gasteiger partial charge on any atom is 0.267 e. The van der Waals surface area contributed by atoms with Gasteiger partial charge in [-0.25, -0.2) is 14.6 Å². The number of hydrogen-bond acceptors (Lipinski definition) is 7. The first-order chi connectivity index (χ1) is 16.1. The molecule has 0 spiro atoms. The number of amides is 1. The second-order valence-corrected chi connectivity index (χ2v) is 8.60. The van der Waals surface area contributed by atoms with Crippen LogP contribution >= 0.6 is 15.9 Å². The highest BCUT2D eigenvalue weighted by Crippen LogP contribution is 2.20. The first kappa shape index (κ1) is 22.9. The van der Waals surface area contributed by atoms with E-state index in [2.05, 4.69) is 41.2 Å². The number of benzene rings is 1. The molecule has 1 saturated heterocycles. The average Bonchev–Trinajstić information content (AvgIpc) is 2.84. The Labute approximate surface area is 199 Å². The van der Waals surface area contributed by atoms with Crippen LogP contribution in [0.4, 0.5) is 5.82 Å². The third-order valence-corrected chi connectivity index (χ3v) is 5.81. The largest absolute Gasteiger partial charge is 0.476 e. The zero-order valence-corrected chi connectivity index (χ0v) is 19.7. The molecular formula is C23H25BrN6O3. The average molecular weight is 513 g/mol. The first-order valence-corrected chi connectivity index (χ1v) is 11.7. The van der Waals surface area contributed by atoms with Gasteiger partial charge in [0, 0.05) is 35.3 Å². The molecule has 2 aromatic heterocycles. The summed E-state index contributed by atoms with van der Waals surface area (Å²) in [5.41, 5.74) is 1.13. The number of ether oxygens (including phenoxy) is 1. The zero-order valence-electron chi connectivity index (χ0n) is 18.1. The number of nitrogens with one attached hydrogen (secondary N) is 1. The van der Waals surface area contributed by atoms with Crippen molar-refractivity contribution < 1.29 is 9.53 Å². The quantitative estimate of drug-likeness (QED) is 0.462. The van der Waals surface area contributed by atoms with E-state index in [0.717, 1.165) is 46.5 Å². The van der Waals surface area contributed by atoms with Crippen molar-refractivity contribution in [3.05, 3.63) is 63.6 Å². The molecule has 0 bridgehead atoms. The number of aromatic nitrogens is 4. The van der Waals surface area contributed by atoms with Crippen molar-refractivity contribution in [3.63, 3.8) is 0 Å². The Kier molecular flexibility index (Phi) is 7.66. The van der Waals surface area contributed by atoms with Crippen molar-refractivity contribution in [3.8, 4) is 17.1 Å². The maximum atomic E-state index is 12.3. The number of halogens is 1. The van der Waals surface area contributed by atoms with Crippen LogP contribution in [0.15, 0.2) is 58.1 Å². The zero-order chi connectivity index (χ0) is 23.0. The van der Waals surface area contributed by atoms with E-state index in [1.807, 2.05) is 30.3 Å². The highest BCUT2D eigenvalue weighted by atomic mass is 79.9. The van der Waals surface area contributed by atoms with Crippen molar-refractivity contribution in [2.75, 3.05) is 31.1 Å². The van der Waals surface area contributed by atoms with Crippen molar-refractivity contribution in [1.29, 1.82) is 0 Å². The monoisotopic (exact) mass is 512 g/mol. The summed E-state index contributed by atoms with van der Waals surface area (Å²) in [6.45, 7) is 2.34. The lowest BCUT2D eigenvalue weighted by Crippen LogP contribution is -2.35. The van der Waals surface area contributed by atoms with E-state index in [9.17, 15) is 9.59 Å². The summed E-state index contributed by atoms with van der Waals surface area (Å²) in [7, 11) is 0. The molecule has 0 aliphatic carbocycles. The van der Waals surface area contributed by atoms with Gasteiger partial charge in [0.2, 0.25) is 11.8 Å². The van der Waals surface area contributed by atoms with Crippen LogP contribution in [0.25, 0.3) is 11.3 Å². The molecule has 3 aromatic rings. The molecular weight excluding hydrogens is 488 g/mol. The summed E-state index contributed by atoms with van der Waals surface area (Å²) in [6.07, 6.45) is 5.07. The Hall–Kier alpha value is -3.27. The number of rotatable bonds is 8. The van der Waals surface area contributed by atoms with Gasteiger partial charge in [-0.15, -0.1) is 0 Å². The van der Waals surface area contributed by atoms with Crippen LogP contribution in [0.5, 0.6) is 5.88 Å². The van der Waals surface area contributed by atoms with Gasteiger partial charge in [-0.1, -0.05) is 28.1 Å². The van der Waals surface area contributed by atoms with Gasteiger partial charge in [0.1, 0.15) is 25.3 Å². The molecule has 1 N–H and O–H groups in total. The lowest BCUT2D eigenvalue weighted by atomic mass is 10.1. The van der Waals surface area contributed by atoms with Gasteiger partial charge in [0.15, 0.2) is 0 Å². The van der Waals surface area contributed by atoms with E-state index >= 15 is 0 Å². The highest BCUT2D eigenvalue weighted by Gasteiger charge is 2.13. The summed E-state index contributed by atoms with van der Waals surface area (Å²) in [6, 6.07) is 12.5. The topological polar surface area (TPSA) is 102 Å². The van der Waals surface area contributed by atoms with E-state index in [4.69, 9.17) is 4.74 Å². The number of anilines is 1. The molecule has 1 fully saturated rings. The molecule has 0 unspecified atom stereocenters. The molecule has 0 radical (unpaired) electrons. The van der Waals surface area contributed by atoms with Gasteiger partial charge in [0.25, 0.3) is 5.56 Å². The van der Waals surface area contributed by atoms with E-state index in [1.165, 1.54) is 18.8 Å². The standard InChI is InChI=1S/C23H25BrN6O3/c24-18-6-4-17(5-7-18)19-8-9-23(32)30(28-19)15-21(31)25-10-13-33-22-14-20(26-16-27-22)29-11-2-1-3-12-29/h4-9,14,16H,1-3,10-13,15H2,(H,25,31). The molecule has 0 saturated carbocycles. The fourth-order valence-corrected chi connectivity index (χ4v) is 3.84. The van der Waals surface area contributed by atoms with Gasteiger partial charge < -0.3 is 15.0 Å². The molecule has 172 valence electrons. The summed E-state index contributed by atoms with van der Waals surface area (Å²) < 4.78 is 7.77. The summed E-state index contributed by atoms with van der Waals surface area (Å²) in [5, 5.41) is 7.07. The van der Waals surface area contributed by atoms with Gasteiger partial charge in [-0.3, -0.25) is 9.59 Å². The lowest BCUT2D eigenvalue weighted by Gasteiger charge is -2.27. The Morgan fingerprint density at radius 1 is 1.06 bits per heavy atom. The Bertz CT molecular complexity index is 1150. The van der Waals surface area contributed by atoms with Crippen LogP contribution in [0.1, 0.15) is 19.3 Å². The first-order valence-electron chi connectivity index (χ1n) is 10.9.